The van der Waals surface area contributed by atoms with Crippen molar-refractivity contribution in [2.24, 2.45) is 0 Å². The van der Waals surface area contributed by atoms with Gasteiger partial charge in [0.2, 0.25) is 0 Å². The second-order valence-electron chi connectivity index (χ2n) is 5.67. The van der Waals surface area contributed by atoms with Gasteiger partial charge in [-0.1, -0.05) is 18.2 Å². The highest BCUT2D eigenvalue weighted by Gasteiger charge is 2.26. The molecule has 1 N–H and O–H groups in total. The summed E-state index contributed by atoms with van der Waals surface area (Å²) in [5.41, 5.74) is 1.44. The van der Waals surface area contributed by atoms with E-state index in [9.17, 15) is 8.78 Å². The summed E-state index contributed by atoms with van der Waals surface area (Å²) in [6.07, 6.45) is 0. The van der Waals surface area contributed by atoms with Gasteiger partial charge in [0, 0.05) is 37.3 Å². The van der Waals surface area contributed by atoms with Gasteiger partial charge in [-0.15, -0.1) is 12.4 Å². The van der Waals surface area contributed by atoms with Crippen molar-refractivity contribution in [3.63, 3.8) is 0 Å². The first kappa shape index (κ1) is 18.6. The molecule has 1 atom stereocenters. The average molecular weight is 355 g/mol. The Hall–Kier alpha value is -1.69. The number of piperazine rings is 1. The summed E-state index contributed by atoms with van der Waals surface area (Å²) in [7, 11) is 1.64. The fourth-order valence-electron chi connectivity index (χ4n) is 3.07. The third kappa shape index (κ3) is 4.04. The number of rotatable bonds is 4. The minimum Gasteiger partial charge on any atom is -0.496 e. The fourth-order valence-corrected chi connectivity index (χ4v) is 3.07. The summed E-state index contributed by atoms with van der Waals surface area (Å²) in [5, 5.41) is 3.36. The quantitative estimate of drug-likeness (QED) is 0.909. The number of nitrogens with zero attached hydrogens (tertiary/aromatic N) is 1. The Bertz CT molecular complexity index is 684. The molecule has 1 heterocycles. The molecular formula is C18H21ClF2N2O. The monoisotopic (exact) mass is 354 g/mol. The summed E-state index contributed by atoms with van der Waals surface area (Å²) in [6, 6.07) is 11.5. The van der Waals surface area contributed by atoms with Gasteiger partial charge in [0.1, 0.15) is 17.4 Å². The number of hydrogen-bond acceptors (Lipinski definition) is 3. The molecule has 0 spiro atoms. The SMILES string of the molecule is COc1ccccc1C1CNCCN1Cc1cc(F)ccc1F.Cl. The van der Waals surface area contributed by atoms with E-state index < -0.39 is 5.82 Å². The first-order valence-electron chi connectivity index (χ1n) is 7.70. The first-order chi connectivity index (χ1) is 11.2. The molecule has 2 aromatic rings. The summed E-state index contributed by atoms with van der Waals surface area (Å²) < 4.78 is 32.8. The van der Waals surface area contributed by atoms with Crippen LogP contribution in [0.15, 0.2) is 42.5 Å². The molecule has 0 saturated carbocycles. The summed E-state index contributed by atoms with van der Waals surface area (Å²) in [6.45, 7) is 2.70. The molecule has 130 valence electrons. The molecule has 1 unspecified atom stereocenters. The van der Waals surface area contributed by atoms with E-state index in [0.29, 0.717) is 12.1 Å². The molecule has 3 nitrogen and oxygen atoms in total. The van der Waals surface area contributed by atoms with Crippen molar-refractivity contribution in [1.29, 1.82) is 0 Å². The lowest BCUT2D eigenvalue weighted by Gasteiger charge is -2.37. The molecule has 3 rings (SSSR count). The number of nitrogens with one attached hydrogen (secondary N) is 1. The maximum atomic E-state index is 14.0. The van der Waals surface area contributed by atoms with Gasteiger partial charge in [-0.2, -0.15) is 0 Å². The lowest BCUT2D eigenvalue weighted by atomic mass is 10.0. The van der Waals surface area contributed by atoms with Crippen molar-refractivity contribution < 1.29 is 13.5 Å². The van der Waals surface area contributed by atoms with Crippen molar-refractivity contribution >= 4 is 12.4 Å². The third-order valence-electron chi connectivity index (χ3n) is 4.23. The van der Waals surface area contributed by atoms with E-state index in [4.69, 9.17) is 4.74 Å². The van der Waals surface area contributed by atoms with Crippen molar-refractivity contribution in [1.82, 2.24) is 10.2 Å². The van der Waals surface area contributed by atoms with Crippen LogP contribution in [0.25, 0.3) is 0 Å². The molecule has 2 aromatic carbocycles. The highest BCUT2D eigenvalue weighted by Crippen LogP contribution is 2.31. The van der Waals surface area contributed by atoms with Gasteiger partial charge in [-0.25, -0.2) is 8.78 Å². The van der Waals surface area contributed by atoms with Crippen LogP contribution in [0, 0.1) is 11.6 Å². The summed E-state index contributed by atoms with van der Waals surface area (Å²) in [5.74, 6) is 0.0278. The van der Waals surface area contributed by atoms with Crippen LogP contribution in [0.3, 0.4) is 0 Å². The Morgan fingerprint density at radius 2 is 2.00 bits per heavy atom. The number of para-hydroxylation sites is 1. The van der Waals surface area contributed by atoms with Gasteiger partial charge in [0.15, 0.2) is 0 Å². The molecule has 1 aliphatic heterocycles. The molecule has 0 bridgehead atoms. The predicted molar refractivity (Wildman–Crippen MR) is 92.6 cm³/mol. The Balaban J connectivity index is 0.00000208. The van der Waals surface area contributed by atoms with Gasteiger partial charge >= 0.3 is 0 Å². The minimum absolute atomic E-state index is 0. The highest BCUT2D eigenvalue weighted by atomic mass is 35.5. The van der Waals surface area contributed by atoms with Crippen LogP contribution in [0.2, 0.25) is 0 Å². The standard InChI is InChI=1S/C18H20F2N2O.ClH/c1-23-18-5-3-2-4-15(18)17-11-21-8-9-22(17)12-13-10-14(19)6-7-16(13)20;/h2-7,10,17,21H,8-9,11-12H2,1H3;1H. The van der Waals surface area contributed by atoms with Gasteiger partial charge in [-0.05, 0) is 24.3 Å². The van der Waals surface area contributed by atoms with Crippen LogP contribution in [-0.2, 0) is 6.54 Å². The van der Waals surface area contributed by atoms with Crippen LogP contribution in [0.1, 0.15) is 17.2 Å². The summed E-state index contributed by atoms with van der Waals surface area (Å²) >= 11 is 0. The maximum Gasteiger partial charge on any atom is 0.127 e. The molecular weight excluding hydrogens is 334 g/mol. The van der Waals surface area contributed by atoms with Crippen LogP contribution >= 0.6 is 12.4 Å². The zero-order valence-electron chi connectivity index (χ0n) is 13.5. The Kier molecular flexibility index (Phi) is 6.54. The molecule has 1 saturated heterocycles. The van der Waals surface area contributed by atoms with E-state index in [2.05, 4.69) is 10.2 Å². The van der Waals surface area contributed by atoms with Crippen LogP contribution in [-0.4, -0.2) is 31.6 Å². The van der Waals surface area contributed by atoms with Crippen LogP contribution in [0.5, 0.6) is 5.75 Å². The molecule has 0 aliphatic carbocycles. The fraction of sp³-hybridized carbons (Fsp3) is 0.333. The van der Waals surface area contributed by atoms with Gasteiger partial charge in [0.05, 0.1) is 13.2 Å². The maximum absolute atomic E-state index is 14.0. The summed E-state index contributed by atoms with van der Waals surface area (Å²) in [4.78, 5) is 2.16. The Labute approximate surface area is 147 Å². The van der Waals surface area contributed by atoms with E-state index in [1.807, 2.05) is 24.3 Å². The van der Waals surface area contributed by atoms with E-state index >= 15 is 0 Å². The zero-order valence-corrected chi connectivity index (χ0v) is 14.3. The van der Waals surface area contributed by atoms with Crippen molar-refractivity contribution in [2.45, 2.75) is 12.6 Å². The molecule has 1 aliphatic rings. The average Bonchev–Trinajstić information content (AvgIpc) is 2.58. The molecule has 6 heteroatoms. The topological polar surface area (TPSA) is 24.5 Å². The number of benzene rings is 2. The number of methoxy groups -OCH3 is 1. The third-order valence-corrected chi connectivity index (χ3v) is 4.23. The number of hydrogen-bond donors (Lipinski definition) is 1. The normalized spacial score (nSPS) is 18.0. The molecule has 0 amide bonds. The van der Waals surface area contributed by atoms with E-state index in [0.717, 1.165) is 37.0 Å². The smallest absolute Gasteiger partial charge is 0.127 e. The largest absolute Gasteiger partial charge is 0.496 e. The second kappa shape index (κ2) is 8.42. The lowest BCUT2D eigenvalue weighted by molar-refractivity contribution is 0.149. The Morgan fingerprint density at radius 3 is 2.79 bits per heavy atom. The van der Waals surface area contributed by atoms with E-state index in [-0.39, 0.29) is 24.3 Å². The second-order valence-corrected chi connectivity index (χ2v) is 5.67. The molecule has 0 aromatic heterocycles. The van der Waals surface area contributed by atoms with Gasteiger partial charge in [0.25, 0.3) is 0 Å². The van der Waals surface area contributed by atoms with Crippen LogP contribution < -0.4 is 10.1 Å². The Morgan fingerprint density at radius 1 is 1.21 bits per heavy atom. The van der Waals surface area contributed by atoms with E-state index in [1.54, 1.807) is 7.11 Å². The zero-order chi connectivity index (χ0) is 16.2. The molecule has 1 fully saturated rings. The van der Waals surface area contributed by atoms with Crippen molar-refractivity contribution in [3.8, 4) is 5.75 Å². The van der Waals surface area contributed by atoms with Gasteiger partial charge in [-0.3, -0.25) is 4.90 Å². The molecule has 24 heavy (non-hydrogen) atoms. The molecule has 0 radical (unpaired) electrons. The lowest BCUT2D eigenvalue weighted by Crippen LogP contribution is -2.45. The van der Waals surface area contributed by atoms with Crippen molar-refractivity contribution in [2.75, 3.05) is 26.7 Å². The highest BCUT2D eigenvalue weighted by molar-refractivity contribution is 5.85. The number of halogens is 3. The van der Waals surface area contributed by atoms with Gasteiger partial charge < -0.3 is 10.1 Å². The predicted octanol–water partition coefficient (Wildman–Crippen LogP) is 3.54. The van der Waals surface area contributed by atoms with Crippen molar-refractivity contribution in [3.05, 3.63) is 65.2 Å². The first-order valence-corrected chi connectivity index (χ1v) is 7.70. The minimum atomic E-state index is -0.412. The van der Waals surface area contributed by atoms with E-state index in [1.165, 1.54) is 12.1 Å². The van der Waals surface area contributed by atoms with Crippen LogP contribution in [0.4, 0.5) is 8.78 Å². The number of ether oxygens (including phenoxy) is 1.